The number of hydrogen-bond acceptors (Lipinski definition) is 7. The fourth-order valence-electron chi connectivity index (χ4n) is 4.19. The molecule has 2 aromatic carbocycles. The molecule has 2 aliphatic rings. The van der Waals surface area contributed by atoms with E-state index in [1.165, 1.54) is 18.7 Å². The third-order valence-electron chi connectivity index (χ3n) is 5.80. The molecule has 2 heterocycles. The van der Waals surface area contributed by atoms with Gasteiger partial charge in [0.15, 0.2) is 6.10 Å². The standard InChI is InChI=1S/C24H28N2O5S/c1-15(27)31-22-23(16-6-8-18(29-2)9-7-16)32-21-13-19(30-3)10-11-20(21)26(24(22)28)14-17-5-4-12-25-17/h6-11,13,17,22-23,25H,4-5,12,14H2,1-3H3/t17-,22+,23-/m0/s1. The molecule has 32 heavy (non-hydrogen) atoms. The number of carbonyl (C=O) groups excluding carboxylic acids is 2. The largest absolute Gasteiger partial charge is 0.497 e. The van der Waals surface area contributed by atoms with Crippen LogP contribution in [0.25, 0.3) is 0 Å². The summed E-state index contributed by atoms with van der Waals surface area (Å²) in [6.07, 6.45) is 1.13. The van der Waals surface area contributed by atoms with E-state index >= 15 is 0 Å². The molecule has 7 nitrogen and oxygen atoms in total. The van der Waals surface area contributed by atoms with Gasteiger partial charge in [-0.15, -0.1) is 11.8 Å². The first-order chi connectivity index (χ1) is 15.5. The van der Waals surface area contributed by atoms with Gasteiger partial charge in [0.1, 0.15) is 11.5 Å². The number of hydrogen-bond donors (Lipinski definition) is 1. The Bertz CT molecular complexity index is 975. The molecule has 0 unspecified atom stereocenters. The highest BCUT2D eigenvalue weighted by Gasteiger charge is 2.41. The summed E-state index contributed by atoms with van der Waals surface area (Å²) in [5.41, 5.74) is 1.69. The van der Waals surface area contributed by atoms with Gasteiger partial charge in [0.2, 0.25) is 0 Å². The highest BCUT2D eigenvalue weighted by molar-refractivity contribution is 7.99. The molecular formula is C24H28N2O5S. The van der Waals surface area contributed by atoms with Gasteiger partial charge >= 0.3 is 5.97 Å². The van der Waals surface area contributed by atoms with Crippen LogP contribution < -0.4 is 19.7 Å². The fourth-order valence-corrected chi connectivity index (χ4v) is 5.53. The van der Waals surface area contributed by atoms with Gasteiger partial charge in [0, 0.05) is 24.4 Å². The molecule has 1 fully saturated rings. The highest BCUT2D eigenvalue weighted by atomic mass is 32.2. The second kappa shape index (κ2) is 9.83. The van der Waals surface area contributed by atoms with Crippen molar-refractivity contribution >= 4 is 29.3 Å². The Hall–Kier alpha value is -2.71. The number of nitrogens with one attached hydrogen (secondary N) is 1. The first-order valence-electron chi connectivity index (χ1n) is 10.7. The molecule has 1 amide bonds. The van der Waals surface area contributed by atoms with Crippen LogP contribution in [0.2, 0.25) is 0 Å². The molecule has 0 aromatic heterocycles. The lowest BCUT2D eigenvalue weighted by atomic mass is 10.0. The summed E-state index contributed by atoms with van der Waals surface area (Å²) >= 11 is 1.51. The highest BCUT2D eigenvalue weighted by Crippen LogP contribution is 2.48. The lowest BCUT2D eigenvalue weighted by molar-refractivity contribution is -0.152. The predicted octanol–water partition coefficient (Wildman–Crippen LogP) is 3.57. The third-order valence-corrected chi connectivity index (χ3v) is 7.15. The summed E-state index contributed by atoms with van der Waals surface area (Å²) < 4.78 is 16.4. The fraction of sp³-hybridized carbons (Fsp3) is 0.417. The van der Waals surface area contributed by atoms with Crippen LogP contribution in [0.1, 0.15) is 30.6 Å². The number of fused-ring (bicyclic) bond motifs is 1. The van der Waals surface area contributed by atoms with E-state index in [0.717, 1.165) is 41.3 Å². The number of ether oxygens (including phenoxy) is 3. The maximum atomic E-state index is 13.8. The molecule has 0 saturated carbocycles. The van der Waals surface area contributed by atoms with Gasteiger partial charge in [0.25, 0.3) is 5.91 Å². The number of anilines is 1. The summed E-state index contributed by atoms with van der Waals surface area (Å²) in [4.78, 5) is 28.5. The first kappa shape index (κ1) is 22.5. The van der Waals surface area contributed by atoms with E-state index in [2.05, 4.69) is 5.32 Å². The van der Waals surface area contributed by atoms with E-state index in [4.69, 9.17) is 14.2 Å². The molecule has 1 N–H and O–H groups in total. The van der Waals surface area contributed by atoms with Gasteiger partial charge in [-0.2, -0.15) is 0 Å². The number of esters is 1. The van der Waals surface area contributed by atoms with Gasteiger partial charge < -0.3 is 24.4 Å². The minimum atomic E-state index is -0.953. The van der Waals surface area contributed by atoms with E-state index < -0.39 is 17.3 Å². The van der Waals surface area contributed by atoms with Crippen LogP contribution in [0.4, 0.5) is 5.69 Å². The van der Waals surface area contributed by atoms with Crippen molar-refractivity contribution in [3.8, 4) is 11.5 Å². The number of amides is 1. The molecule has 0 aliphatic carbocycles. The van der Waals surface area contributed by atoms with Crippen molar-refractivity contribution in [3.05, 3.63) is 48.0 Å². The Labute approximate surface area is 192 Å². The summed E-state index contributed by atoms with van der Waals surface area (Å²) in [6.45, 7) is 2.80. The number of thioether (sulfide) groups is 1. The van der Waals surface area contributed by atoms with E-state index in [-0.39, 0.29) is 11.9 Å². The van der Waals surface area contributed by atoms with Crippen LogP contribution in [0.15, 0.2) is 47.4 Å². The van der Waals surface area contributed by atoms with Crippen molar-refractivity contribution < 1.29 is 23.8 Å². The zero-order valence-corrected chi connectivity index (χ0v) is 19.3. The lowest BCUT2D eigenvalue weighted by Gasteiger charge is -2.29. The zero-order chi connectivity index (χ0) is 22.7. The molecule has 0 spiro atoms. The topological polar surface area (TPSA) is 77.1 Å². The Kier molecular flexibility index (Phi) is 6.91. The number of benzene rings is 2. The lowest BCUT2D eigenvalue weighted by Crippen LogP contribution is -2.47. The quantitative estimate of drug-likeness (QED) is 0.666. The number of carbonyl (C=O) groups is 2. The number of nitrogens with zero attached hydrogens (tertiary/aromatic N) is 1. The van der Waals surface area contributed by atoms with Crippen molar-refractivity contribution in [3.63, 3.8) is 0 Å². The molecular weight excluding hydrogens is 428 g/mol. The van der Waals surface area contributed by atoms with Crippen molar-refractivity contribution in [1.29, 1.82) is 0 Å². The molecule has 2 aliphatic heterocycles. The monoisotopic (exact) mass is 456 g/mol. The minimum absolute atomic E-state index is 0.203. The van der Waals surface area contributed by atoms with Crippen LogP contribution in [0.3, 0.4) is 0 Å². The second-order valence-corrected chi connectivity index (χ2v) is 9.10. The zero-order valence-electron chi connectivity index (χ0n) is 18.5. The number of methoxy groups -OCH3 is 2. The maximum absolute atomic E-state index is 13.8. The summed E-state index contributed by atoms with van der Waals surface area (Å²) in [7, 11) is 3.23. The molecule has 1 saturated heterocycles. The molecule has 170 valence electrons. The molecule has 3 atom stereocenters. The summed E-state index contributed by atoms with van der Waals surface area (Å²) in [5.74, 6) is 0.733. The van der Waals surface area contributed by atoms with Gasteiger partial charge in [-0.05, 0) is 55.3 Å². The van der Waals surface area contributed by atoms with Crippen molar-refractivity contribution in [2.45, 2.75) is 42.1 Å². The van der Waals surface area contributed by atoms with Crippen LogP contribution in [-0.4, -0.2) is 51.3 Å². The van der Waals surface area contributed by atoms with Crippen LogP contribution in [0, 0.1) is 0 Å². The molecule has 0 radical (unpaired) electrons. The van der Waals surface area contributed by atoms with Crippen molar-refractivity contribution in [2.24, 2.45) is 0 Å². The van der Waals surface area contributed by atoms with Crippen LogP contribution in [0.5, 0.6) is 11.5 Å². The van der Waals surface area contributed by atoms with Crippen LogP contribution >= 0.6 is 11.8 Å². The average Bonchev–Trinajstić information content (AvgIpc) is 3.29. The SMILES string of the molecule is COc1ccc([C@@H]2Sc3cc(OC)ccc3N(C[C@@H]3CCCN3)C(=O)[C@@H]2OC(C)=O)cc1. The smallest absolute Gasteiger partial charge is 0.303 e. The van der Waals surface area contributed by atoms with E-state index in [1.54, 1.807) is 19.1 Å². The van der Waals surface area contributed by atoms with E-state index in [0.29, 0.717) is 12.3 Å². The van der Waals surface area contributed by atoms with Crippen molar-refractivity contribution in [2.75, 3.05) is 32.2 Å². The Morgan fingerprint density at radius 1 is 1.12 bits per heavy atom. The Morgan fingerprint density at radius 3 is 2.47 bits per heavy atom. The van der Waals surface area contributed by atoms with Gasteiger partial charge in [-0.1, -0.05) is 12.1 Å². The Morgan fingerprint density at radius 2 is 1.84 bits per heavy atom. The molecule has 0 bridgehead atoms. The minimum Gasteiger partial charge on any atom is -0.497 e. The average molecular weight is 457 g/mol. The van der Waals surface area contributed by atoms with E-state index in [1.807, 2.05) is 42.5 Å². The van der Waals surface area contributed by atoms with E-state index in [9.17, 15) is 9.59 Å². The maximum Gasteiger partial charge on any atom is 0.303 e. The normalized spacial score (nSPS) is 22.8. The summed E-state index contributed by atoms with van der Waals surface area (Å²) in [6, 6.07) is 13.4. The van der Waals surface area contributed by atoms with Gasteiger partial charge in [-0.3, -0.25) is 9.59 Å². The second-order valence-electron chi connectivity index (χ2n) is 7.92. The Balaban J connectivity index is 1.79. The number of rotatable bonds is 6. The third kappa shape index (κ3) is 4.71. The van der Waals surface area contributed by atoms with Gasteiger partial charge in [-0.25, -0.2) is 0 Å². The summed E-state index contributed by atoms with van der Waals surface area (Å²) in [5, 5.41) is 3.05. The predicted molar refractivity (Wildman–Crippen MR) is 124 cm³/mol. The van der Waals surface area contributed by atoms with Gasteiger partial charge in [0.05, 0.1) is 25.2 Å². The molecule has 8 heteroatoms. The molecule has 2 aromatic rings. The van der Waals surface area contributed by atoms with Crippen molar-refractivity contribution in [1.82, 2.24) is 5.32 Å². The molecule has 4 rings (SSSR count). The van der Waals surface area contributed by atoms with Crippen LogP contribution in [-0.2, 0) is 14.3 Å². The first-order valence-corrected chi connectivity index (χ1v) is 11.6.